The number of aromatic nitrogens is 4. The summed E-state index contributed by atoms with van der Waals surface area (Å²) in [6, 6.07) is 12.5. The highest BCUT2D eigenvalue weighted by molar-refractivity contribution is 7.10. The van der Waals surface area contributed by atoms with Crippen molar-refractivity contribution in [2.45, 2.75) is 12.1 Å². The highest BCUT2D eigenvalue weighted by Crippen LogP contribution is 2.37. The average Bonchev–Trinajstić information content (AvgIpc) is 3.34. The van der Waals surface area contributed by atoms with E-state index in [0.717, 1.165) is 17.7 Å². The molecular weight excluding hydrogens is 370 g/mol. The second kappa shape index (κ2) is 6.98. The minimum absolute atomic E-state index is 0.0756. The van der Waals surface area contributed by atoms with Crippen LogP contribution in [-0.4, -0.2) is 24.9 Å². The van der Waals surface area contributed by atoms with E-state index < -0.39 is 17.2 Å². The Labute approximate surface area is 157 Å². The Balaban J connectivity index is 1.82. The van der Waals surface area contributed by atoms with Crippen molar-refractivity contribution in [2.24, 2.45) is 0 Å². The van der Waals surface area contributed by atoms with Crippen LogP contribution in [0.5, 0.6) is 0 Å². The lowest BCUT2D eigenvalue weighted by molar-refractivity contribution is 0.0533. The van der Waals surface area contributed by atoms with E-state index in [1.807, 2.05) is 30.3 Å². The zero-order valence-electron chi connectivity index (χ0n) is 14.0. The van der Waals surface area contributed by atoms with Gasteiger partial charge in [0.05, 0.1) is 12.2 Å². The molecule has 1 atom stereocenters. The minimum atomic E-state index is -1.83. The van der Waals surface area contributed by atoms with E-state index in [1.165, 1.54) is 34.7 Å². The number of benzene rings is 2. The smallest absolute Gasteiger partial charge is 0.163 e. The molecule has 0 aliphatic rings. The third-order valence-electron chi connectivity index (χ3n) is 4.16. The van der Waals surface area contributed by atoms with Crippen LogP contribution in [0.2, 0.25) is 0 Å². The maximum Gasteiger partial charge on any atom is 0.163 e. The Morgan fingerprint density at radius 2 is 1.93 bits per heavy atom. The van der Waals surface area contributed by atoms with Crippen LogP contribution >= 0.6 is 11.3 Å². The van der Waals surface area contributed by atoms with E-state index in [1.54, 1.807) is 5.38 Å². The van der Waals surface area contributed by atoms with E-state index in [4.69, 9.17) is 0 Å². The lowest BCUT2D eigenvalue weighted by atomic mass is 9.93. The molecular formula is C19H14F2N4OS. The molecule has 136 valence electrons. The monoisotopic (exact) mass is 384 g/mol. The molecule has 1 N–H and O–H groups in total. The first-order chi connectivity index (χ1) is 13.1. The third kappa shape index (κ3) is 3.36. The first kappa shape index (κ1) is 17.4. The predicted octanol–water partition coefficient (Wildman–Crippen LogP) is 3.62. The molecule has 4 rings (SSSR count). The van der Waals surface area contributed by atoms with Crippen LogP contribution in [-0.2, 0) is 12.1 Å². The summed E-state index contributed by atoms with van der Waals surface area (Å²) in [4.78, 5) is 8.37. The normalized spacial score (nSPS) is 13.4. The van der Waals surface area contributed by atoms with E-state index in [0.29, 0.717) is 5.69 Å². The molecule has 0 saturated carbocycles. The molecule has 0 aliphatic carbocycles. The summed E-state index contributed by atoms with van der Waals surface area (Å²) in [6.45, 7) is -0.114. The van der Waals surface area contributed by atoms with Gasteiger partial charge in [-0.25, -0.2) is 23.4 Å². The van der Waals surface area contributed by atoms with Crippen LogP contribution in [0.25, 0.3) is 11.3 Å². The zero-order valence-corrected chi connectivity index (χ0v) is 14.8. The van der Waals surface area contributed by atoms with Gasteiger partial charge in [0.25, 0.3) is 0 Å². The Hall–Kier alpha value is -2.97. The molecule has 2 heterocycles. The van der Waals surface area contributed by atoms with Crippen LogP contribution in [0.15, 0.2) is 66.6 Å². The quantitative estimate of drug-likeness (QED) is 0.571. The van der Waals surface area contributed by atoms with Crippen molar-refractivity contribution >= 4 is 11.3 Å². The Morgan fingerprint density at radius 3 is 2.63 bits per heavy atom. The summed E-state index contributed by atoms with van der Waals surface area (Å²) in [7, 11) is 0. The molecule has 0 amide bonds. The fraction of sp³-hybridized carbons (Fsp3) is 0.105. The molecule has 0 fully saturated rings. The summed E-state index contributed by atoms with van der Waals surface area (Å²) in [5.74, 6) is -1.57. The van der Waals surface area contributed by atoms with Gasteiger partial charge in [-0.05, 0) is 12.1 Å². The number of rotatable bonds is 5. The van der Waals surface area contributed by atoms with Crippen molar-refractivity contribution in [3.8, 4) is 11.3 Å². The number of nitrogens with zero attached hydrogens (tertiary/aromatic N) is 4. The van der Waals surface area contributed by atoms with Crippen molar-refractivity contribution in [2.75, 3.05) is 0 Å². The van der Waals surface area contributed by atoms with Gasteiger partial charge in [0.1, 0.15) is 29.3 Å². The van der Waals surface area contributed by atoms with E-state index >= 15 is 0 Å². The fourth-order valence-electron chi connectivity index (χ4n) is 2.85. The highest BCUT2D eigenvalue weighted by atomic mass is 32.1. The van der Waals surface area contributed by atoms with Gasteiger partial charge >= 0.3 is 0 Å². The summed E-state index contributed by atoms with van der Waals surface area (Å²) < 4.78 is 29.3. The molecule has 0 radical (unpaired) electrons. The van der Waals surface area contributed by atoms with Crippen molar-refractivity contribution < 1.29 is 13.9 Å². The third-order valence-corrected chi connectivity index (χ3v) is 5.15. The molecule has 0 saturated heterocycles. The zero-order chi connectivity index (χ0) is 18.9. The van der Waals surface area contributed by atoms with Crippen LogP contribution in [0.4, 0.5) is 8.78 Å². The lowest BCUT2D eigenvalue weighted by Gasteiger charge is -2.26. The molecule has 2 aromatic heterocycles. The van der Waals surface area contributed by atoms with E-state index in [9.17, 15) is 13.9 Å². The highest BCUT2D eigenvalue weighted by Gasteiger charge is 2.38. The van der Waals surface area contributed by atoms with Gasteiger partial charge < -0.3 is 5.11 Å². The van der Waals surface area contributed by atoms with Gasteiger partial charge in [-0.2, -0.15) is 5.10 Å². The van der Waals surface area contributed by atoms with Crippen LogP contribution in [0.3, 0.4) is 0 Å². The second-order valence-electron chi connectivity index (χ2n) is 5.98. The van der Waals surface area contributed by atoms with Gasteiger partial charge in [-0.1, -0.05) is 30.3 Å². The number of halogens is 2. The molecule has 2 aromatic carbocycles. The molecule has 4 aromatic rings. The topological polar surface area (TPSA) is 63.8 Å². The summed E-state index contributed by atoms with van der Waals surface area (Å²) in [5.41, 5.74) is -0.366. The number of hydrogen-bond donors (Lipinski definition) is 1. The van der Waals surface area contributed by atoms with Crippen molar-refractivity contribution in [3.05, 3.63) is 88.8 Å². The van der Waals surface area contributed by atoms with Crippen LogP contribution in [0, 0.1) is 11.6 Å². The van der Waals surface area contributed by atoms with Crippen LogP contribution in [0.1, 0.15) is 10.6 Å². The van der Waals surface area contributed by atoms with Crippen molar-refractivity contribution in [3.63, 3.8) is 0 Å². The largest absolute Gasteiger partial charge is 0.376 e. The van der Waals surface area contributed by atoms with E-state index in [-0.39, 0.29) is 17.1 Å². The Morgan fingerprint density at radius 1 is 1.11 bits per heavy atom. The number of thiazole rings is 1. The Kier molecular flexibility index (Phi) is 4.51. The molecule has 8 heteroatoms. The fourth-order valence-corrected chi connectivity index (χ4v) is 3.78. The maximum atomic E-state index is 14.5. The molecule has 27 heavy (non-hydrogen) atoms. The van der Waals surface area contributed by atoms with Crippen LogP contribution < -0.4 is 0 Å². The second-order valence-corrected chi connectivity index (χ2v) is 6.84. The van der Waals surface area contributed by atoms with Crippen molar-refractivity contribution in [1.82, 2.24) is 19.7 Å². The molecule has 0 spiro atoms. The summed E-state index contributed by atoms with van der Waals surface area (Å²) in [6.07, 6.45) is 2.73. The van der Waals surface area contributed by atoms with Crippen molar-refractivity contribution in [1.29, 1.82) is 0 Å². The van der Waals surface area contributed by atoms with Gasteiger partial charge in [0.15, 0.2) is 5.60 Å². The standard InChI is InChI=1S/C19H14F2N4OS/c20-14-6-7-15(16(21)8-14)19(26,10-25-12-22-11-23-25)18-24-17(9-27-18)13-4-2-1-3-5-13/h1-9,11-12,26H,10H2. The van der Waals surface area contributed by atoms with E-state index in [2.05, 4.69) is 15.1 Å². The average molecular weight is 384 g/mol. The molecule has 5 nitrogen and oxygen atoms in total. The van der Waals surface area contributed by atoms with Gasteiger partial charge in [0.2, 0.25) is 0 Å². The summed E-state index contributed by atoms with van der Waals surface area (Å²) >= 11 is 1.20. The van der Waals surface area contributed by atoms with Gasteiger partial charge in [-0.3, -0.25) is 0 Å². The Bertz CT molecular complexity index is 1050. The molecule has 0 bridgehead atoms. The lowest BCUT2D eigenvalue weighted by Crippen LogP contribution is -2.34. The molecule has 1 unspecified atom stereocenters. The SMILES string of the molecule is OC(Cn1cncn1)(c1nc(-c2ccccc2)cs1)c1ccc(F)cc1F. The first-order valence-electron chi connectivity index (χ1n) is 8.08. The predicted molar refractivity (Wildman–Crippen MR) is 96.9 cm³/mol. The number of aliphatic hydroxyl groups is 1. The minimum Gasteiger partial charge on any atom is -0.376 e. The maximum absolute atomic E-state index is 14.5. The van der Waals surface area contributed by atoms with Gasteiger partial charge in [-0.15, -0.1) is 11.3 Å². The molecule has 0 aliphatic heterocycles. The summed E-state index contributed by atoms with van der Waals surface area (Å²) in [5, 5.41) is 17.5. The number of hydrogen-bond acceptors (Lipinski definition) is 5. The first-order valence-corrected chi connectivity index (χ1v) is 8.96. The van der Waals surface area contributed by atoms with Gasteiger partial charge in [0, 0.05) is 22.6 Å².